The average Bonchev–Trinajstić information content (AvgIpc) is 2.45. The number of rotatable bonds is 6. The molecule has 0 radical (unpaired) electrons. The van der Waals surface area contributed by atoms with Crippen LogP contribution in [0.2, 0.25) is 0 Å². The minimum atomic E-state index is -0.0742. The second kappa shape index (κ2) is 7.51. The van der Waals surface area contributed by atoms with Crippen molar-refractivity contribution in [2.45, 2.75) is 20.4 Å². The Morgan fingerprint density at radius 1 is 1.21 bits per heavy atom. The maximum Gasteiger partial charge on any atom is 0.317 e. The summed E-state index contributed by atoms with van der Waals surface area (Å²) in [5.41, 5.74) is 0.891. The van der Waals surface area contributed by atoms with Gasteiger partial charge in [-0.25, -0.2) is 4.79 Å². The van der Waals surface area contributed by atoms with Gasteiger partial charge >= 0.3 is 6.03 Å². The van der Waals surface area contributed by atoms with E-state index < -0.39 is 0 Å². The third-order valence-electron chi connectivity index (χ3n) is 2.97. The van der Waals surface area contributed by atoms with E-state index in [-0.39, 0.29) is 6.03 Å². The van der Waals surface area contributed by atoms with E-state index in [9.17, 15) is 4.79 Å². The highest BCUT2D eigenvalue weighted by Crippen LogP contribution is 2.30. The molecule has 0 bridgehead atoms. The number of ether oxygens (including phenoxy) is 2. The summed E-state index contributed by atoms with van der Waals surface area (Å²) >= 11 is 0. The Labute approximate surface area is 114 Å². The normalized spacial score (nSPS) is 9.89. The van der Waals surface area contributed by atoms with Crippen LogP contribution in [-0.2, 0) is 6.54 Å². The van der Waals surface area contributed by atoms with Crippen LogP contribution in [0.5, 0.6) is 11.5 Å². The van der Waals surface area contributed by atoms with Crippen LogP contribution < -0.4 is 14.8 Å². The zero-order valence-electron chi connectivity index (χ0n) is 12.0. The number of nitrogens with zero attached hydrogens (tertiary/aromatic N) is 1. The third-order valence-corrected chi connectivity index (χ3v) is 2.97. The lowest BCUT2D eigenvalue weighted by Crippen LogP contribution is -2.39. The molecule has 5 nitrogen and oxygen atoms in total. The monoisotopic (exact) mass is 266 g/mol. The van der Waals surface area contributed by atoms with Crippen molar-refractivity contribution in [1.82, 2.24) is 10.2 Å². The maximum absolute atomic E-state index is 11.9. The summed E-state index contributed by atoms with van der Waals surface area (Å²) < 4.78 is 10.5. The van der Waals surface area contributed by atoms with Crippen LogP contribution >= 0.6 is 0 Å². The lowest BCUT2D eigenvalue weighted by molar-refractivity contribution is 0.202. The molecule has 0 atom stereocenters. The number of amides is 2. The Balaban J connectivity index is 2.75. The molecule has 0 saturated carbocycles. The molecule has 0 aliphatic carbocycles. The van der Waals surface area contributed by atoms with Crippen LogP contribution in [0.1, 0.15) is 19.4 Å². The Morgan fingerprint density at radius 2 is 1.89 bits per heavy atom. The molecule has 1 rings (SSSR count). The first kappa shape index (κ1) is 15.1. The second-order valence-electron chi connectivity index (χ2n) is 3.98. The summed E-state index contributed by atoms with van der Waals surface area (Å²) in [6.45, 7) is 5.70. The topological polar surface area (TPSA) is 50.8 Å². The van der Waals surface area contributed by atoms with Crippen LogP contribution in [-0.4, -0.2) is 38.2 Å². The number of hydrogen-bond acceptors (Lipinski definition) is 3. The Kier molecular flexibility index (Phi) is 5.99. The third kappa shape index (κ3) is 3.77. The fourth-order valence-corrected chi connectivity index (χ4v) is 1.89. The fourth-order valence-electron chi connectivity index (χ4n) is 1.89. The predicted molar refractivity (Wildman–Crippen MR) is 74.7 cm³/mol. The zero-order valence-corrected chi connectivity index (χ0v) is 12.0. The van der Waals surface area contributed by atoms with E-state index in [2.05, 4.69) is 5.32 Å². The van der Waals surface area contributed by atoms with Crippen molar-refractivity contribution < 1.29 is 14.3 Å². The second-order valence-corrected chi connectivity index (χ2v) is 3.98. The standard InChI is InChI=1S/C14H22N2O3/c1-5-16(6-2)14(17)15-10-11-8-7-9-12(18-3)13(11)19-4/h7-9H,5-6,10H2,1-4H3,(H,15,17). The molecule has 0 heterocycles. The highest BCUT2D eigenvalue weighted by atomic mass is 16.5. The van der Waals surface area contributed by atoms with Crippen molar-refractivity contribution in [1.29, 1.82) is 0 Å². The van der Waals surface area contributed by atoms with Gasteiger partial charge in [0, 0.05) is 25.2 Å². The summed E-state index contributed by atoms with van der Waals surface area (Å²) in [5.74, 6) is 1.32. The number of hydrogen-bond donors (Lipinski definition) is 1. The highest BCUT2D eigenvalue weighted by molar-refractivity contribution is 5.74. The molecule has 2 amide bonds. The Bertz CT molecular complexity index is 417. The fraction of sp³-hybridized carbons (Fsp3) is 0.500. The summed E-state index contributed by atoms with van der Waals surface area (Å²) in [7, 11) is 3.18. The Morgan fingerprint density at radius 3 is 2.42 bits per heavy atom. The SMILES string of the molecule is CCN(CC)C(=O)NCc1cccc(OC)c1OC. The van der Waals surface area contributed by atoms with Crippen LogP contribution in [0.15, 0.2) is 18.2 Å². The molecule has 0 saturated heterocycles. The maximum atomic E-state index is 11.9. The van der Waals surface area contributed by atoms with E-state index in [1.54, 1.807) is 19.1 Å². The summed E-state index contributed by atoms with van der Waals surface area (Å²) in [5, 5.41) is 2.88. The van der Waals surface area contributed by atoms with Crippen molar-refractivity contribution in [2.24, 2.45) is 0 Å². The molecule has 0 aromatic heterocycles. The molecule has 1 N–H and O–H groups in total. The van der Waals surface area contributed by atoms with Crippen LogP contribution in [0.3, 0.4) is 0 Å². The van der Waals surface area contributed by atoms with E-state index in [4.69, 9.17) is 9.47 Å². The first-order valence-electron chi connectivity index (χ1n) is 6.40. The molecular weight excluding hydrogens is 244 g/mol. The molecule has 0 fully saturated rings. The summed E-state index contributed by atoms with van der Waals surface area (Å²) in [4.78, 5) is 13.6. The molecule has 1 aromatic carbocycles. The number of para-hydroxylation sites is 1. The van der Waals surface area contributed by atoms with Gasteiger partial charge in [0.05, 0.1) is 14.2 Å². The van der Waals surface area contributed by atoms with Gasteiger partial charge < -0.3 is 19.7 Å². The van der Waals surface area contributed by atoms with E-state index in [1.807, 2.05) is 32.0 Å². The van der Waals surface area contributed by atoms with E-state index in [1.165, 1.54) is 0 Å². The zero-order chi connectivity index (χ0) is 14.3. The van der Waals surface area contributed by atoms with Crippen LogP contribution in [0, 0.1) is 0 Å². The van der Waals surface area contributed by atoms with Gasteiger partial charge in [-0.1, -0.05) is 12.1 Å². The van der Waals surface area contributed by atoms with E-state index in [0.717, 1.165) is 5.56 Å². The highest BCUT2D eigenvalue weighted by Gasteiger charge is 2.12. The van der Waals surface area contributed by atoms with Crippen LogP contribution in [0.25, 0.3) is 0 Å². The average molecular weight is 266 g/mol. The first-order valence-corrected chi connectivity index (χ1v) is 6.40. The summed E-state index contributed by atoms with van der Waals surface area (Å²) in [6.07, 6.45) is 0. The van der Waals surface area contributed by atoms with Gasteiger partial charge in [0.25, 0.3) is 0 Å². The lowest BCUT2D eigenvalue weighted by Gasteiger charge is -2.20. The van der Waals surface area contributed by atoms with Crippen molar-refractivity contribution in [2.75, 3.05) is 27.3 Å². The van der Waals surface area contributed by atoms with Crippen molar-refractivity contribution in [3.05, 3.63) is 23.8 Å². The minimum absolute atomic E-state index is 0.0742. The van der Waals surface area contributed by atoms with Gasteiger partial charge in [0.1, 0.15) is 0 Å². The van der Waals surface area contributed by atoms with Gasteiger partial charge in [-0.2, -0.15) is 0 Å². The molecule has 5 heteroatoms. The van der Waals surface area contributed by atoms with Crippen molar-refractivity contribution >= 4 is 6.03 Å². The van der Waals surface area contributed by atoms with E-state index in [0.29, 0.717) is 31.1 Å². The quantitative estimate of drug-likeness (QED) is 0.859. The lowest BCUT2D eigenvalue weighted by atomic mass is 10.2. The largest absolute Gasteiger partial charge is 0.493 e. The molecule has 106 valence electrons. The Hall–Kier alpha value is -1.91. The summed E-state index contributed by atoms with van der Waals surface area (Å²) in [6, 6.07) is 5.54. The van der Waals surface area contributed by atoms with Gasteiger partial charge in [-0.05, 0) is 19.9 Å². The van der Waals surface area contributed by atoms with Gasteiger partial charge in [0.15, 0.2) is 11.5 Å². The van der Waals surface area contributed by atoms with Crippen molar-refractivity contribution in [3.8, 4) is 11.5 Å². The molecule has 0 aliphatic rings. The first-order chi connectivity index (χ1) is 9.17. The minimum Gasteiger partial charge on any atom is -0.493 e. The number of carbonyl (C=O) groups is 1. The number of benzene rings is 1. The predicted octanol–water partition coefficient (Wildman–Crippen LogP) is 2.26. The van der Waals surface area contributed by atoms with Gasteiger partial charge in [0.2, 0.25) is 0 Å². The molecule has 1 aromatic rings. The van der Waals surface area contributed by atoms with Crippen molar-refractivity contribution in [3.63, 3.8) is 0 Å². The molecule has 0 aliphatic heterocycles. The molecular formula is C14H22N2O3. The number of nitrogens with one attached hydrogen (secondary N) is 1. The molecule has 19 heavy (non-hydrogen) atoms. The number of carbonyl (C=O) groups excluding carboxylic acids is 1. The molecule has 0 unspecified atom stereocenters. The van der Waals surface area contributed by atoms with E-state index >= 15 is 0 Å². The number of methoxy groups -OCH3 is 2. The van der Waals surface area contributed by atoms with Crippen LogP contribution in [0.4, 0.5) is 4.79 Å². The van der Waals surface area contributed by atoms with Gasteiger partial charge in [-0.3, -0.25) is 0 Å². The molecule has 0 spiro atoms. The van der Waals surface area contributed by atoms with Gasteiger partial charge in [-0.15, -0.1) is 0 Å². The number of urea groups is 1. The smallest absolute Gasteiger partial charge is 0.317 e.